The van der Waals surface area contributed by atoms with Crippen molar-refractivity contribution in [2.24, 2.45) is 0 Å². The summed E-state index contributed by atoms with van der Waals surface area (Å²) in [6.07, 6.45) is 0.978. The maximum atomic E-state index is 15.2. The quantitative estimate of drug-likeness (QED) is 0.203. The molecule has 0 spiro atoms. The van der Waals surface area contributed by atoms with Crippen molar-refractivity contribution in [3.63, 3.8) is 0 Å². The molecule has 0 saturated carbocycles. The van der Waals surface area contributed by atoms with Gasteiger partial charge in [0.05, 0.1) is 17.5 Å². The van der Waals surface area contributed by atoms with Gasteiger partial charge in [-0.25, -0.2) is 31.0 Å². The molecule has 1 N–H and O–H groups in total. The summed E-state index contributed by atoms with van der Waals surface area (Å²) >= 11 is 0. The second kappa shape index (κ2) is 10.5. The highest BCUT2D eigenvalue weighted by Gasteiger charge is 2.26. The molecule has 0 aliphatic heterocycles. The Kier molecular flexibility index (Phi) is 6.92. The summed E-state index contributed by atoms with van der Waals surface area (Å²) in [5.41, 5.74) is 0.595. The van der Waals surface area contributed by atoms with E-state index in [0.29, 0.717) is 11.6 Å². The fourth-order valence-electron chi connectivity index (χ4n) is 4.91. The minimum Gasteiger partial charge on any atom is -0.455 e. The number of hydrogen-bond donors (Lipinski definition) is 1. The zero-order chi connectivity index (χ0) is 31.5. The fourth-order valence-corrected chi connectivity index (χ4v) is 5.42. The molecule has 2 heterocycles. The lowest BCUT2D eigenvalue weighted by atomic mass is 9.97. The average Bonchev–Trinajstić information content (AvgIpc) is 3.57. The van der Waals surface area contributed by atoms with Crippen LogP contribution in [0.4, 0.5) is 23.2 Å². The lowest BCUT2D eigenvalue weighted by Crippen LogP contribution is -2.25. The highest BCUT2D eigenvalue weighted by atomic mass is 32.2. The molecule has 0 fully saturated rings. The van der Waals surface area contributed by atoms with Gasteiger partial charge in [-0.3, -0.25) is 9.10 Å². The lowest BCUT2D eigenvalue weighted by Gasteiger charge is -2.21. The Balaban J connectivity index is 1.63. The number of halogens is 4. The number of hydrogen-bond acceptors (Lipinski definition) is 6. The number of oxazole rings is 1. The zero-order valence-electron chi connectivity index (χ0n) is 23.2. The molecule has 0 bridgehead atoms. The summed E-state index contributed by atoms with van der Waals surface area (Å²) in [6.45, 7) is 0. The summed E-state index contributed by atoms with van der Waals surface area (Å²) in [6, 6.07) is 13.4. The Morgan fingerprint density at radius 1 is 0.818 bits per heavy atom. The van der Waals surface area contributed by atoms with Crippen molar-refractivity contribution >= 4 is 43.7 Å². The molecule has 6 rings (SSSR count). The van der Waals surface area contributed by atoms with Crippen LogP contribution in [-0.2, 0) is 10.0 Å². The van der Waals surface area contributed by atoms with Crippen LogP contribution in [0.5, 0.6) is 0 Å². The van der Waals surface area contributed by atoms with Crippen LogP contribution in [0.3, 0.4) is 0 Å². The van der Waals surface area contributed by atoms with E-state index in [2.05, 4.69) is 10.3 Å². The van der Waals surface area contributed by atoms with Crippen LogP contribution in [0, 0.1) is 23.3 Å². The summed E-state index contributed by atoms with van der Waals surface area (Å²) in [4.78, 5) is 17.2. The Morgan fingerprint density at radius 3 is 2.18 bits per heavy atom. The van der Waals surface area contributed by atoms with Crippen molar-refractivity contribution in [1.82, 2.24) is 10.3 Å². The van der Waals surface area contributed by atoms with Crippen LogP contribution in [0.25, 0.3) is 56.0 Å². The zero-order valence-corrected chi connectivity index (χ0v) is 24.0. The number of sulfonamides is 1. The first-order valence-corrected chi connectivity index (χ1v) is 14.8. The third-order valence-electron chi connectivity index (χ3n) is 7.07. The predicted octanol–water partition coefficient (Wildman–Crippen LogP) is 6.89. The van der Waals surface area contributed by atoms with Gasteiger partial charge in [0.25, 0.3) is 5.91 Å². The number of fused-ring (bicyclic) bond motifs is 2. The van der Waals surface area contributed by atoms with Crippen LogP contribution in [0.15, 0.2) is 75.6 Å². The van der Waals surface area contributed by atoms with Crippen molar-refractivity contribution < 1.29 is 39.6 Å². The van der Waals surface area contributed by atoms with E-state index >= 15 is 4.39 Å². The van der Waals surface area contributed by atoms with Gasteiger partial charge >= 0.3 is 0 Å². The normalized spacial score (nSPS) is 11.8. The minimum absolute atomic E-state index is 0.0507. The number of furan rings is 1. The van der Waals surface area contributed by atoms with E-state index in [1.807, 2.05) is 0 Å². The molecule has 0 saturated heterocycles. The van der Waals surface area contributed by atoms with Gasteiger partial charge < -0.3 is 14.2 Å². The van der Waals surface area contributed by atoms with Crippen LogP contribution >= 0.6 is 0 Å². The monoisotopic (exact) mass is 623 g/mol. The summed E-state index contributed by atoms with van der Waals surface area (Å²) in [7, 11) is -1.16. The number of anilines is 1. The Labute approximate surface area is 247 Å². The van der Waals surface area contributed by atoms with Gasteiger partial charge in [-0.15, -0.1) is 0 Å². The molecule has 6 aromatic rings. The highest BCUT2D eigenvalue weighted by Crippen LogP contribution is 2.42. The molecule has 224 valence electrons. The third-order valence-corrected chi connectivity index (χ3v) is 8.26. The van der Waals surface area contributed by atoms with E-state index in [1.165, 1.54) is 56.6 Å². The molecule has 0 aliphatic carbocycles. The number of amides is 1. The number of carbonyl (C=O) groups excluding carboxylic acids is 1. The maximum Gasteiger partial charge on any atom is 0.255 e. The third kappa shape index (κ3) is 5.04. The van der Waals surface area contributed by atoms with Gasteiger partial charge in [-0.05, 0) is 54.1 Å². The summed E-state index contributed by atoms with van der Waals surface area (Å²) < 4.78 is 94.8. The maximum absolute atomic E-state index is 15.2. The molecule has 4 aromatic carbocycles. The van der Waals surface area contributed by atoms with Crippen molar-refractivity contribution in [2.45, 2.75) is 0 Å². The number of carbonyl (C=O) groups is 1. The molecule has 8 nitrogen and oxygen atoms in total. The molecule has 44 heavy (non-hydrogen) atoms. The van der Waals surface area contributed by atoms with E-state index in [1.54, 1.807) is 0 Å². The Hall–Kier alpha value is -5.17. The minimum atomic E-state index is -3.87. The molecule has 0 unspecified atom stereocenters. The Bertz CT molecular complexity index is 2230. The van der Waals surface area contributed by atoms with Gasteiger partial charge in [-0.1, -0.05) is 0 Å². The van der Waals surface area contributed by atoms with Gasteiger partial charge in [0.15, 0.2) is 11.4 Å². The SMILES string of the molecule is CNC(=O)c1c(-c2ccc(F)cc2)oc2cc(N(C)S(C)(=O)=O)c(-c3cc(F)cc(-c4nc5c(F)cc(F)cc5o4)c3)cc12. The van der Waals surface area contributed by atoms with E-state index in [4.69, 9.17) is 8.83 Å². The van der Waals surface area contributed by atoms with E-state index in [0.717, 1.165) is 28.8 Å². The topological polar surface area (TPSA) is 106 Å². The summed E-state index contributed by atoms with van der Waals surface area (Å²) in [5, 5.41) is 2.80. The largest absolute Gasteiger partial charge is 0.455 e. The molecule has 0 atom stereocenters. The molecule has 0 aliphatic rings. The fraction of sp³-hybridized carbons (Fsp3) is 0.0968. The van der Waals surface area contributed by atoms with Crippen LogP contribution in [-0.4, -0.2) is 39.7 Å². The van der Waals surface area contributed by atoms with Crippen LogP contribution in [0.1, 0.15) is 10.4 Å². The standard InChI is InChI=1S/C31H21F4N3O5S/c1-36-30(39)27-22-13-21(16-8-17(10-19(33)9-16)31-37-28-23(35)11-20(34)12-26(28)43-31)24(38(2)44(3,40)41)14-25(22)42-29(27)15-4-6-18(32)7-5-15/h4-14H,1-3H3,(H,36,39). The first-order chi connectivity index (χ1) is 20.8. The molecule has 1 amide bonds. The molecular formula is C31H21F4N3O5S. The van der Waals surface area contributed by atoms with Gasteiger partial charge in [-0.2, -0.15) is 0 Å². The van der Waals surface area contributed by atoms with Gasteiger partial charge in [0, 0.05) is 54.4 Å². The lowest BCUT2D eigenvalue weighted by molar-refractivity contribution is 0.0964. The first kappa shape index (κ1) is 28.9. The van der Waals surface area contributed by atoms with E-state index in [-0.39, 0.29) is 61.7 Å². The predicted molar refractivity (Wildman–Crippen MR) is 157 cm³/mol. The number of aromatic nitrogens is 1. The molecule has 13 heteroatoms. The van der Waals surface area contributed by atoms with Gasteiger partial charge in [0.2, 0.25) is 15.9 Å². The van der Waals surface area contributed by atoms with Crippen molar-refractivity contribution in [1.29, 1.82) is 0 Å². The van der Waals surface area contributed by atoms with Crippen LogP contribution in [0.2, 0.25) is 0 Å². The first-order valence-electron chi connectivity index (χ1n) is 12.9. The number of rotatable bonds is 6. The smallest absolute Gasteiger partial charge is 0.255 e. The summed E-state index contributed by atoms with van der Waals surface area (Å²) in [5.74, 6) is -3.77. The second-order valence-electron chi connectivity index (χ2n) is 9.97. The Morgan fingerprint density at radius 2 is 1.50 bits per heavy atom. The van der Waals surface area contributed by atoms with Crippen molar-refractivity contribution in [3.8, 4) is 33.9 Å². The van der Waals surface area contributed by atoms with E-state index in [9.17, 15) is 26.4 Å². The van der Waals surface area contributed by atoms with E-state index < -0.39 is 39.2 Å². The number of benzene rings is 4. The van der Waals surface area contributed by atoms with Gasteiger partial charge in [0.1, 0.15) is 34.3 Å². The van der Waals surface area contributed by atoms with Crippen LogP contribution < -0.4 is 9.62 Å². The molecular weight excluding hydrogens is 602 g/mol. The molecule has 2 aromatic heterocycles. The number of nitrogens with one attached hydrogen (secondary N) is 1. The molecule has 0 radical (unpaired) electrons. The average molecular weight is 624 g/mol. The second-order valence-corrected chi connectivity index (χ2v) is 12.0. The highest BCUT2D eigenvalue weighted by molar-refractivity contribution is 7.92. The van der Waals surface area contributed by atoms with Crippen molar-refractivity contribution in [2.75, 3.05) is 24.7 Å². The number of nitrogens with zero attached hydrogens (tertiary/aromatic N) is 2. The van der Waals surface area contributed by atoms with Crippen molar-refractivity contribution in [3.05, 3.63) is 95.6 Å².